The number of carbonyl (C=O) groups excluding carboxylic acids is 1. The van der Waals surface area contributed by atoms with Crippen LogP contribution in [-0.4, -0.2) is 31.4 Å². The van der Waals surface area contributed by atoms with Gasteiger partial charge in [0, 0.05) is 12.1 Å². The summed E-state index contributed by atoms with van der Waals surface area (Å²) in [4.78, 5) is 16.3. The van der Waals surface area contributed by atoms with Gasteiger partial charge in [-0.3, -0.25) is 15.5 Å². The molecule has 1 aliphatic rings. The molecule has 2 aromatic heterocycles. The highest BCUT2D eigenvalue weighted by atomic mass is 16.2. The SMILES string of the molecule is O=C(NCc1n[nH]c2c1CCC2)Nc1n[nH]c(Cc2ccccc2)n1. The zero-order chi connectivity index (χ0) is 17.1. The Morgan fingerprint density at radius 2 is 2.00 bits per heavy atom. The fourth-order valence-corrected chi connectivity index (χ4v) is 3.06. The van der Waals surface area contributed by atoms with Crippen LogP contribution in [-0.2, 0) is 25.8 Å². The molecule has 2 heterocycles. The number of urea groups is 1. The molecule has 8 nitrogen and oxygen atoms in total. The topological polar surface area (TPSA) is 111 Å². The summed E-state index contributed by atoms with van der Waals surface area (Å²) in [6.45, 7) is 0.388. The van der Waals surface area contributed by atoms with Crippen LogP contribution in [0.3, 0.4) is 0 Å². The van der Waals surface area contributed by atoms with Crippen LogP contribution in [0.5, 0.6) is 0 Å². The minimum atomic E-state index is -0.347. The van der Waals surface area contributed by atoms with Crippen molar-refractivity contribution in [1.29, 1.82) is 0 Å². The van der Waals surface area contributed by atoms with Gasteiger partial charge in [0.05, 0.1) is 12.2 Å². The molecule has 0 fully saturated rings. The van der Waals surface area contributed by atoms with Crippen molar-refractivity contribution < 1.29 is 4.79 Å². The van der Waals surface area contributed by atoms with E-state index in [2.05, 4.69) is 36.0 Å². The fraction of sp³-hybridized carbons (Fsp3) is 0.294. The number of aryl methyl sites for hydroxylation is 1. The Balaban J connectivity index is 1.30. The Morgan fingerprint density at radius 3 is 2.88 bits per heavy atom. The summed E-state index contributed by atoms with van der Waals surface area (Å²) in [6.07, 6.45) is 3.84. The fourth-order valence-electron chi connectivity index (χ4n) is 3.06. The van der Waals surface area contributed by atoms with Gasteiger partial charge in [-0.25, -0.2) is 4.79 Å². The maximum Gasteiger partial charge on any atom is 0.321 e. The van der Waals surface area contributed by atoms with Crippen LogP contribution in [0.15, 0.2) is 30.3 Å². The Kier molecular flexibility index (Phi) is 4.16. The minimum Gasteiger partial charge on any atom is -0.332 e. The van der Waals surface area contributed by atoms with Gasteiger partial charge in [-0.15, -0.1) is 5.10 Å². The number of amides is 2. The zero-order valence-corrected chi connectivity index (χ0v) is 13.7. The van der Waals surface area contributed by atoms with Crippen molar-refractivity contribution in [1.82, 2.24) is 30.7 Å². The normalized spacial score (nSPS) is 12.8. The molecule has 1 aliphatic carbocycles. The Labute approximate surface area is 144 Å². The molecule has 2 amide bonds. The van der Waals surface area contributed by atoms with E-state index in [-0.39, 0.29) is 12.0 Å². The zero-order valence-electron chi connectivity index (χ0n) is 13.7. The van der Waals surface area contributed by atoms with Gasteiger partial charge >= 0.3 is 6.03 Å². The van der Waals surface area contributed by atoms with E-state index in [1.807, 2.05) is 30.3 Å². The average Bonchev–Trinajstić information content (AvgIpc) is 3.32. The second kappa shape index (κ2) is 6.76. The van der Waals surface area contributed by atoms with Gasteiger partial charge in [0.2, 0.25) is 5.95 Å². The number of carbonyl (C=O) groups is 1. The highest BCUT2D eigenvalue weighted by Gasteiger charge is 2.18. The first-order valence-electron chi connectivity index (χ1n) is 8.33. The average molecular weight is 337 g/mol. The van der Waals surface area contributed by atoms with E-state index in [1.165, 1.54) is 11.3 Å². The highest BCUT2D eigenvalue weighted by molar-refractivity contribution is 5.87. The minimum absolute atomic E-state index is 0.260. The van der Waals surface area contributed by atoms with E-state index in [1.54, 1.807) is 0 Å². The lowest BCUT2D eigenvalue weighted by atomic mass is 10.1. The summed E-state index contributed by atoms with van der Waals surface area (Å²) in [5, 5.41) is 19.6. The molecular formula is C17H19N7O. The third-order valence-electron chi connectivity index (χ3n) is 4.28. The van der Waals surface area contributed by atoms with Crippen LogP contribution in [0.2, 0.25) is 0 Å². The van der Waals surface area contributed by atoms with Gasteiger partial charge in [-0.1, -0.05) is 30.3 Å². The lowest BCUT2D eigenvalue weighted by Crippen LogP contribution is -2.29. The third-order valence-corrected chi connectivity index (χ3v) is 4.28. The Bertz CT molecular complexity index is 868. The van der Waals surface area contributed by atoms with Crippen molar-refractivity contribution in [3.05, 3.63) is 58.7 Å². The van der Waals surface area contributed by atoms with Crippen LogP contribution in [0.1, 0.15) is 34.8 Å². The van der Waals surface area contributed by atoms with Crippen LogP contribution in [0, 0.1) is 0 Å². The van der Waals surface area contributed by atoms with Gasteiger partial charge < -0.3 is 5.32 Å². The number of rotatable bonds is 5. The lowest BCUT2D eigenvalue weighted by Gasteiger charge is -2.04. The Morgan fingerprint density at radius 1 is 1.12 bits per heavy atom. The third kappa shape index (κ3) is 3.52. The number of hydrogen-bond acceptors (Lipinski definition) is 4. The Hall–Kier alpha value is -3.16. The smallest absolute Gasteiger partial charge is 0.321 e. The van der Waals surface area contributed by atoms with E-state index < -0.39 is 0 Å². The van der Waals surface area contributed by atoms with Crippen LogP contribution in [0.4, 0.5) is 10.7 Å². The molecule has 1 aromatic carbocycles. The highest BCUT2D eigenvalue weighted by Crippen LogP contribution is 2.22. The first-order valence-corrected chi connectivity index (χ1v) is 8.33. The molecule has 0 atom stereocenters. The molecule has 0 aliphatic heterocycles. The molecule has 8 heteroatoms. The summed E-state index contributed by atoms with van der Waals surface area (Å²) in [5.74, 6) is 0.960. The van der Waals surface area contributed by atoms with E-state index in [0.717, 1.165) is 30.5 Å². The monoisotopic (exact) mass is 337 g/mol. The predicted molar refractivity (Wildman–Crippen MR) is 92.1 cm³/mol. The number of aromatic nitrogens is 5. The predicted octanol–water partition coefficient (Wildman–Crippen LogP) is 1.93. The summed E-state index contributed by atoms with van der Waals surface area (Å²) in [5.41, 5.74) is 4.46. The molecule has 128 valence electrons. The molecule has 0 radical (unpaired) electrons. The van der Waals surface area contributed by atoms with Crippen molar-refractivity contribution in [2.45, 2.75) is 32.2 Å². The lowest BCUT2D eigenvalue weighted by molar-refractivity contribution is 0.251. The van der Waals surface area contributed by atoms with E-state index in [4.69, 9.17) is 0 Å². The van der Waals surface area contributed by atoms with Crippen molar-refractivity contribution in [2.24, 2.45) is 0 Å². The van der Waals surface area contributed by atoms with Gasteiger partial charge in [0.25, 0.3) is 0 Å². The number of H-pyrrole nitrogens is 2. The molecule has 0 unspecified atom stereocenters. The summed E-state index contributed by atoms with van der Waals surface area (Å²) in [7, 11) is 0. The number of aromatic amines is 2. The van der Waals surface area contributed by atoms with Crippen LogP contribution < -0.4 is 10.6 Å². The van der Waals surface area contributed by atoms with Crippen LogP contribution >= 0.6 is 0 Å². The maximum atomic E-state index is 12.0. The second-order valence-electron chi connectivity index (χ2n) is 6.06. The largest absolute Gasteiger partial charge is 0.332 e. The van der Waals surface area contributed by atoms with E-state index in [9.17, 15) is 4.79 Å². The van der Waals surface area contributed by atoms with Gasteiger partial charge in [-0.05, 0) is 30.4 Å². The van der Waals surface area contributed by atoms with Gasteiger partial charge in [0.1, 0.15) is 5.82 Å². The maximum absolute atomic E-state index is 12.0. The molecular weight excluding hydrogens is 318 g/mol. The molecule has 0 saturated carbocycles. The first-order chi connectivity index (χ1) is 12.3. The summed E-state index contributed by atoms with van der Waals surface area (Å²) >= 11 is 0. The standard InChI is InChI=1S/C17H19N7O/c25-17(18-10-14-12-7-4-8-13(12)21-22-14)20-16-19-15(23-24-16)9-11-5-2-1-3-6-11/h1-3,5-6H,4,7-10H2,(H,21,22)(H3,18,19,20,23,24,25). The number of hydrogen-bond donors (Lipinski definition) is 4. The number of benzene rings is 1. The van der Waals surface area contributed by atoms with Crippen LogP contribution in [0.25, 0.3) is 0 Å². The number of fused-ring (bicyclic) bond motifs is 1. The second-order valence-corrected chi connectivity index (χ2v) is 6.06. The summed E-state index contributed by atoms with van der Waals surface area (Å²) in [6, 6.07) is 9.61. The number of nitrogens with zero attached hydrogens (tertiary/aromatic N) is 3. The number of nitrogens with one attached hydrogen (secondary N) is 4. The van der Waals surface area contributed by atoms with Gasteiger partial charge in [0.15, 0.2) is 0 Å². The molecule has 4 N–H and O–H groups in total. The first kappa shape index (κ1) is 15.4. The van der Waals surface area contributed by atoms with E-state index >= 15 is 0 Å². The molecule has 0 bridgehead atoms. The molecule has 3 aromatic rings. The summed E-state index contributed by atoms with van der Waals surface area (Å²) < 4.78 is 0. The molecule has 0 spiro atoms. The molecule has 25 heavy (non-hydrogen) atoms. The van der Waals surface area contributed by atoms with Crippen molar-refractivity contribution >= 4 is 12.0 Å². The van der Waals surface area contributed by atoms with Crippen molar-refractivity contribution in [3.8, 4) is 0 Å². The quantitative estimate of drug-likeness (QED) is 0.570. The molecule has 0 saturated heterocycles. The van der Waals surface area contributed by atoms with E-state index in [0.29, 0.717) is 18.8 Å². The van der Waals surface area contributed by atoms with Gasteiger partial charge in [-0.2, -0.15) is 10.1 Å². The number of anilines is 1. The van der Waals surface area contributed by atoms with Crippen molar-refractivity contribution in [3.63, 3.8) is 0 Å². The molecule has 4 rings (SSSR count). The van der Waals surface area contributed by atoms with Crippen molar-refractivity contribution in [2.75, 3.05) is 5.32 Å².